The third-order valence-corrected chi connectivity index (χ3v) is 8.19. The van der Waals surface area contributed by atoms with Gasteiger partial charge in [0.25, 0.3) is 5.56 Å². The number of rotatable bonds is 5. The minimum absolute atomic E-state index is 0.0761. The zero-order chi connectivity index (χ0) is 25.5. The first-order valence-corrected chi connectivity index (χ1v) is 13.5. The number of halogens is 1. The molecule has 1 aliphatic heterocycles. The first-order chi connectivity index (χ1) is 18.1. The Morgan fingerprint density at radius 3 is 2.70 bits per heavy atom. The van der Waals surface area contributed by atoms with Crippen LogP contribution in [0.5, 0.6) is 11.5 Å². The Kier molecular flexibility index (Phi) is 6.22. The van der Waals surface area contributed by atoms with Crippen LogP contribution in [-0.2, 0) is 6.42 Å². The van der Waals surface area contributed by atoms with E-state index in [1.54, 1.807) is 7.11 Å². The average molecular weight is 529 g/mol. The van der Waals surface area contributed by atoms with E-state index in [-0.39, 0.29) is 11.6 Å². The SMILES string of the molecule is CCOc1cc(C=c2sc3n(c2=O)C(c2ccccc2Cl)C2=C(N=3)c3ccccc3CC2)ccc1OC. The van der Waals surface area contributed by atoms with Gasteiger partial charge in [0.15, 0.2) is 16.3 Å². The van der Waals surface area contributed by atoms with Crippen LogP contribution in [0.2, 0.25) is 5.02 Å². The standard InChI is InChI=1S/C30H25ClN2O3S/c1-3-36-25-16-18(12-15-24(25)35-2)17-26-29(34)33-28(21-10-6-7-11-23(21)31)22-14-13-19-8-4-5-9-20(19)27(22)32-30(33)37-26/h4-12,15-17,28H,3,13-14H2,1-2H3. The van der Waals surface area contributed by atoms with Crippen molar-refractivity contribution in [1.82, 2.24) is 4.57 Å². The van der Waals surface area contributed by atoms with Crippen molar-refractivity contribution < 1.29 is 9.47 Å². The van der Waals surface area contributed by atoms with Gasteiger partial charge >= 0.3 is 0 Å². The van der Waals surface area contributed by atoms with Gasteiger partial charge in [0, 0.05) is 10.6 Å². The molecular weight excluding hydrogens is 504 g/mol. The fourth-order valence-corrected chi connectivity index (χ4v) is 6.44. The maximum Gasteiger partial charge on any atom is 0.271 e. The Morgan fingerprint density at radius 1 is 1.08 bits per heavy atom. The van der Waals surface area contributed by atoms with E-state index in [9.17, 15) is 4.79 Å². The van der Waals surface area contributed by atoms with Crippen LogP contribution in [0, 0.1) is 0 Å². The first-order valence-electron chi connectivity index (χ1n) is 12.3. The van der Waals surface area contributed by atoms with Gasteiger partial charge in [-0.25, -0.2) is 4.99 Å². The van der Waals surface area contributed by atoms with Crippen LogP contribution in [0.4, 0.5) is 0 Å². The van der Waals surface area contributed by atoms with Crippen molar-refractivity contribution in [2.75, 3.05) is 13.7 Å². The summed E-state index contributed by atoms with van der Waals surface area (Å²) in [4.78, 5) is 19.7. The lowest BCUT2D eigenvalue weighted by Gasteiger charge is -2.31. The maximum absolute atomic E-state index is 13.9. The van der Waals surface area contributed by atoms with Gasteiger partial charge in [-0.1, -0.05) is 71.5 Å². The van der Waals surface area contributed by atoms with E-state index in [1.807, 2.05) is 66.1 Å². The predicted octanol–water partition coefficient (Wildman–Crippen LogP) is 5.38. The highest BCUT2D eigenvalue weighted by Crippen LogP contribution is 2.42. The average Bonchev–Trinajstić information content (AvgIpc) is 3.22. The van der Waals surface area contributed by atoms with Gasteiger partial charge in [0.2, 0.25) is 0 Å². The highest BCUT2D eigenvalue weighted by Gasteiger charge is 2.33. The summed E-state index contributed by atoms with van der Waals surface area (Å²) >= 11 is 8.12. The number of fused-ring (bicyclic) bond motifs is 3. The molecule has 1 unspecified atom stereocenters. The number of aryl methyl sites for hydroxylation is 1. The summed E-state index contributed by atoms with van der Waals surface area (Å²) in [7, 11) is 1.62. The number of hydrogen-bond acceptors (Lipinski definition) is 5. The van der Waals surface area contributed by atoms with E-state index in [0.29, 0.717) is 32.5 Å². The van der Waals surface area contributed by atoms with Crippen molar-refractivity contribution in [1.29, 1.82) is 0 Å². The van der Waals surface area contributed by atoms with Gasteiger partial charge in [-0.3, -0.25) is 9.36 Å². The predicted molar refractivity (Wildman–Crippen MR) is 148 cm³/mol. The monoisotopic (exact) mass is 528 g/mol. The molecule has 0 radical (unpaired) electrons. The number of nitrogens with zero attached hydrogens (tertiary/aromatic N) is 2. The van der Waals surface area contributed by atoms with E-state index in [4.69, 9.17) is 26.1 Å². The zero-order valence-corrected chi connectivity index (χ0v) is 22.1. The van der Waals surface area contributed by atoms with Crippen molar-refractivity contribution >= 4 is 34.7 Å². The molecular formula is C30H25ClN2O3S. The lowest BCUT2D eigenvalue weighted by atomic mass is 9.83. The Bertz CT molecular complexity index is 1730. The maximum atomic E-state index is 13.9. The van der Waals surface area contributed by atoms with Gasteiger partial charge in [-0.15, -0.1) is 0 Å². The van der Waals surface area contributed by atoms with Crippen LogP contribution in [0.25, 0.3) is 11.8 Å². The fourth-order valence-electron chi connectivity index (χ4n) is 5.20. The topological polar surface area (TPSA) is 52.8 Å². The number of hydrogen-bond donors (Lipinski definition) is 0. The molecule has 5 nitrogen and oxygen atoms in total. The van der Waals surface area contributed by atoms with Crippen molar-refractivity contribution in [3.8, 4) is 11.5 Å². The molecule has 0 saturated heterocycles. The molecule has 0 bridgehead atoms. The summed E-state index contributed by atoms with van der Waals surface area (Å²) in [6.45, 7) is 2.45. The van der Waals surface area contributed by atoms with E-state index in [1.165, 1.54) is 16.9 Å². The summed E-state index contributed by atoms with van der Waals surface area (Å²) in [5.41, 5.74) is 6.21. The Hall–Kier alpha value is -3.61. The third kappa shape index (κ3) is 4.10. The minimum atomic E-state index is -0.301. The van der Waals surface area contributed by atoms with Crippen molar-refractivity contribution in [3.63, 3.8) is 0 Å². The molecule has 1 aliphatic carbocycles. The van der Waals surface area contributed by atoms with Crippen LogP contribution in [-0.4, -0.2) is 18.3 Å². The van der Waals surface area contributed by atoms with E-state index in [0.717, 1.165) is 40.8 Å². The second kappa shape index (κ2) is 9.69. The summed E-state index contributed by atoms with van der Waals surface area (Å²) in [5, 5.41) is 0.645. The number of aromatic nitrogens is 1. The molecule has 6 rings (SSSR count). The first kappa shape index (κ1) is 23.8. The quantitative estimate of drug-likeness (QED) is 0.349. The molecule has 37 heavy (non-hydrogen) atoms. The molecule has 0 spiro atoms. The summed E-state index contributed by atoms with van der Waals surface area (Å²) in [5.74, 6) is 1.30. The summed E-state index contributed by atoms with van der Waals surface area (Å²) in [6.07, 6.45) is 3.62. The second-order valence-corrected chi connectivity index (χ2v) is 10.4. The van der Waals surface area contributed by atoms with Gasteiger partial charge in [-0.05, 0) is 66.3 Å². The van der Waals surface area contributed by atoms with Crippen LogP contribution >= 0.6 is 22.9 Å². The summed E-state index contributed by atoms with van der Waals surface area (Å²) in [6, 6.07) is 21.6. The molecule has 1 aromatic heterocycles. The highest BCUT2D eigenvalue weighted by atomic mass is 35.5. The Morgan fingerprint density at radius 2 is 1.89 bits per heavy atom. The van der Waals surface area contributed by atoms with E-state index >= 15 is 0 Å². The van der Waals surface area contributed by atoms with Gasteiger partial charge in [-0.2, -0.15) is 0 Å². The van der Waals surface area contributed by atoms with Crippen LogP contribution < -0.4 is 24.4 Å². The molecule has 7 heteroatoms. The Labute approximate surface area is 223 Å². The Balaban J connectivity index is 1.58. The molecule has 2 heterocycles. The van der Waals surface area contributed by atoms with Crippen molar-refractivity contribution in [3.05, 3.63) is 119 Å². The normalized spacial score (nSPS) is 16.5. The van der Waals surface area contributed by atoms with Gasteiger partial charge in [0.05, 0.1) is 30.0 Å². The van der Waals surface area contributed by atoms with Gasteiger partial charge in [0.1, 0.15) is 0 Å². The molecule has 1 atom stereocenters. The third-order valence-electron chi connectivity index (χ3n) is 6.86. The lowest BCUT2D eigenvalue weighted by molar-refractivity contribution is 0.311. The van der Waals surface area contributed by atoms with E-state index in [2.05, 4.69) is 18.2 Å². The number of methoxy groups -OCH3 is 1. The second-order valence-electron chi connectivity index (χ2n) is 8.98. The van der Waals surface area contributed by atoms with Gasteiger partial charge < -0.3 is 9.47 Å². The van der Waals surface area contributed by atoms with Crippen LogP contribution in [0.1, 0.15) is 41.6 Å². The molecule has 0 saturated carbocycles. The number of thiazole rings is 1. The molecule has 0 N–H and O–H groups in total. The zero-order valence-electron chi connectivity index (χ0n) is 20.5. The molecule has 4 aromatic rings. The van der Waals surface area contributed by atoms with E-state index < -0.39 is 0 Å². The molecule has 3 aromatic carbocycles. The lowest BCUT2D eigenvalue weighted by Crippen LogP contribution is -2.38. The van der Waals surface area contributed by atoms with Crippen molar-refractivity contribution in [2.24, 2.45) is 4.99 Å². The fraction of sp³-hybridized carbons (Fsp3) is 0.200. The molecule has 186 valence electrons. The smallest absolute Gasteiger partial charge is 0.271 e. The molecule has 0 amide bonds. The summed E-state index contributed by atoms with van der Waals surface area (Å²) < 4.78 is 13.6. The number of ether oxygens (including phenoxy) is 2. The minimum Gasteiger partial charge on any atom is -0.493 e. The highest BCUT2D eigenvalue weighted by molar-refractivity contribution is 7.07. The van der Waals surface area contributed by atoms with Crippen LogP contribution in [0.3, 0.4) is 0 Å². The molecule has 2 aliphatic rings. The number of benzene rings is 3. The van der Waals surface area contributed by atoms with Crippen molar-refractivity contribution in [2.45, 2.75) is 25.8 Å². The molecule has 0 fully saturated rings. The van der Waals surface area contributed by atoms with Crippen LogP contribution in [0.15, 0.2) is 82.1 Å². The number of allylic oxidation sites excluding steroid dienone is 1. The largest absolute Gasteiger partial charge is 0.493 e.